The molecule has 3 rings (SSSR count). The number of nitrogens with zero attached hydrogens (tertiary/aromatic N) is 1. The van der Waals surface area contributed by atoms with Crippen molar-refractivity contribution in [3.05, 3.63) is 77.7 Å². The lowest BCUT2D eigenvalue weighted by Gasteiger charge is -2.12. The lowest BCUT2D eigenvalue weighted by molar-refractivity contribution is -0.118. The predicted octanol–water partition coefficient (Wildman–Crippen LogP) is 3.38. The van der Waals surface area contributed by atoms with Crippen LogP contribution in [0.15, 0.2) is 70.4 Å². The average Bonchev–Trinajstić information content (AvgIpc) is 3.29. The Hall–Kier alpha value is -4.07. The van der Waals surface area contributed by atoms with Gasteiger partial charge in [0.15, 0.2) is 23.9 Å². The van der Waals surface area contributed by atoms with Gasteiger partial charge in [-0.1, -0.05) is 18.2 Å². The van der Waals surface area contributed by atoms with Crippen molar-refractivity contribution in [2.24, 2.45) is 5.10 Å². The molecule has 0 unspecified atom stereocenters. The van der Waals surface area contributed by atoms with Gasteiger partial charge in [-0.3, -0.25) is 9.59 Å². The van der Waals surface area contributed by atoms with Crippen molar-refractivity contribution in [3.63, 3.8) is 0 Å². The molecule has 0 spiro atoms. The van der Waals surface area contributed by atoms with E-state index in [9.17, 15) is 9.59 Å². The first-order valence-corrected chi connectivity index (χ1v) is 9.10. The Kier molecular flexibility index (Phi) is 6.83. The minimum absolute atomic E-state index is 0.164. The number of anilines is 1. The van der Waals surface area contributed by atoms with Gasteiger partial charge in [-0.05, 0) is 54.4 Å². The molecule has 0 radical (unpaired) electrons. The zero-order valence-electron chi connectivity index (χ0n) is 16.5. The van der Waals surface area contributed by atoms with Crippen molar-refractivity contribution in [1.29, 1.82) is 0 Å². The summed E-state index contributed by atoms with van der Waals surface area (Å²) in [5.41, 5.74) is 4.74. The molecule has 2 amide bonds. The van der Waals surface area contributed by atoms with Gasteiger partial charge in [-0.25, -0.2) is 5.43 Å². The van der Waals surface area contributed by atoms with Crippen LogP contribution >= 0.6 is 0 Å². The highest BCUT2D eigenvalue weighted by atomic mass is 16.5. The number of hydrogen-bond acceptors (Lipinski definition) is 6. The molecule has 0 saturated carbocycles. The van der Waals surface area contributed by atoms with Crippen LogP contribution in [0, 0.1) is 6.92 Å². The van der Waals surface area contributed by atoms with Crippen LogP contribution in [-0.4, -0.2) is 31.7 Å². The third kappa shape index (κ3) is 5.48. The first kappa shape index (κ1) is 20.7. The van der Waals surface area contributed by atoms with E-state index < -0.39 is 5.91 Å². The standard InChI is InChI=1S/C22H21N3O5/c1-15-6-3-4-7-17(15)24-21(26)14-30-18-10-9-16(12-20(18)28-2)13-23-25-22(27)19-8-5-11-29-19/h3-13H,14H2,1-2H3,(H,24,26)(H,25,27)/b23-13+. The molecule has 8 nitrogen and oxygen atoms in total. The Bertz CT molecular complexity index is 1040. The van der Waals surface area contributed by atoms with Crippen LogP contribution in [0.1, 0.15) is 21.7 Å². The summed E-state index contributed by atoms with van der Waals surface area (Å²) in [6.45, 7) is 1.74. The second-order valence-electron chi connectivity index (χ2n) is 6.24. The van der Waals surface area contributed by atoms with Crippen molar-refractivity contribution in [3.8, 4) is 11.5 Å². The summed E-state index contributed by atoms with van der Waals surface area (Å²) < 4.78 is 15.9. The first-order chi connectivity index (χ1) is 14.6. The molecule has 2 N–H and O–H groups in total. The molecule has 0 aliphatic heterocycles. The molecule has 0 aliphatic rings. The van der Waals surface area contributed by atoms with E-state index in [0.717, 1.165) is 11.3 Å². The smallest absolute Gasteiger partial charge is 0.307 e. The van der Waals surface area contributed by atoms with E-state index >= 15 is 0 Å². The Morgan fingerprint density at radius 2 is 1.93 bits per heavy atom. The number of amides is 2. The van der Waals surface area contributed by atoms with Gasteiger partial charge in [0.25, 0.3) is 5.91 Å². The quantitative estimate of drug-likeness (QED) is 0.440. The van der Waals surface area contributed by atoms with Gasteiger partial charge in [0.2, 0.25) is 0 Å². The average molecular weight is 407 g/mol. The molecule has 2 aromatic carbocycles. The van der Waals surface area contributed by atoms with E-state index in [0.29, 0.717) is 17.1 Å². The third-order valence-electron chi connectivity index (χ3n) is 4.09. The molecule has 30 heavy (non-hydrogen) atoms. The van der Waals surface area contributed by atoms with E-state index in [1.807, 2.05) is 31.2 Å². The summed E-state index contributed by atoms with van der Waals surface area (Å²) in [5.74, 6) is 0.270. The second kappa shape index (κ2) is 9.92. The molecule has 0 saturated heterocycles. The van der Waals surface area contributed by atoms with Crippen LogP contribution in [0.3, 0.4) is 0 Å². The Labute approximate surface area is 173 Å². The first-order valence-electron chi connectivity index (χ1n) is 9.10. The van der Waals surface area contributed by atoms with Crippen molar-refractivity contribution < 1.29 is 23.5 Å². The highest BCUT2D eigenvalue weighted by Crippen LogP contribution is 2.27. The SMILES string of the molecule is COc1cc(/C=N/NC(=O)c2ccco2)ccc1OCC(=O)Nc1ccccc1C. The minimum Gasteiger partial charge on any atom is -0.493 e. The maximum absolute atomic E-state index is 12.2. The number of para-hydroxylation sites is 1. The van der Waals surface area contributed by atoms with Crippen LogP contribution in [0.5, 0.6) is 11.5 Å². The van der Waals surface area contributed by atoms with Crippen molar-refractivity contribution in [1.82, 2.24) is 5.43 Å². The van der Waals surface area contributed by atoms with Gasteiger partial charge < -0.3 is 19.2 Å². The van der Waals surface area contributed by atoms with Crippen LogP contribution in [0.25, 0.3) is 0 Å². The fourth-order valence-corrected chi connectivity index (χ4v) is 2.55. The molecular weight excluding hydrogens is 386 g/mol. The third-order valence-corrected chi connectivity index (χ3v) is 4.09. The Morgan fingerprint density at radius 3 is 2.67 bits per heavy atom. The predicted molar refractivity (Wildman–Crippen MR) is 112 cm³/mol. The molecule has 1 aromatic heterocycles. The number of carbonyl (C=O) groups excluding carboxylic acids is 2. The number of aryl methyl sites for hydroxylation is 1. The summed E-state index contributed by atoms with van der Waals surface area (Å²) in [4.78, 5) is 23.9. The zero-order chi connectivity index (χ0) is 21.3. The van der Waals surface area contributed by atoms with Gasteiger partial charge in [-0.2, -0.15) is 5.10 Å². The highest BCUT2D eigenvalue weighted by Gasteiger charge is 2.10. The zero-order valence-corrected chi connectivity index (χ0v) is 16.5. The molecule has 0 fully saturated rings. The van der Waals surface area contributed by atoms with E-state index in [1.54, 1.807) is 24.3 Å². The van der Waals surface area contributed by atoms with Crippen LogP contribution < -0.4 is 20.2 Å². The number of nitrogens with one attached hydrogen (secondary N) is 2. The fourth-order valence-electron chi connectivity index (χ4n) is 2.55. The minimum atomic E-state index is -0.456. The molecule has 8 heteroatoms. The lowest BCUT2D eigenvalue weighted by Crippen LogP contribution is -2.20. The van der Waals surface area contributed by atoms with Gasteiger partial charge in [-0.15, -0.1) is 0 Å². The molecule has 0 atom stereocenters. The number of hydrogen-bond donors (Lipinski definition) is 2. The molecule has 3 aromatic rings. The molecule has 0 aliphatic carbocycles. The van der Waals surface area contributed by atoms with Gasteiger partial charge in [0.05, 0.1) is 19.6 Å². The number of carbonyl (C=O) groups is 2. The lowest BCUT2D eigenvalue weighted by atomic mass is 10.2. The summed E-state index contributed by atoms with van der Waals surface area (Å²) in [6.07, 6.45) is 2.86. The second-order valence-corrected chi connectivity index (χ2v) is 6.24. The van der Waals surface area contributed by atoms with E-state index in [4.69, 9.17) is 13.9 Å². The summed E-state index contributed by atoms with van der Waals surface area (Å²) >= 11 is 0. The van der Waals surface area contributed by atoms with E-state index in [2.05, 4.69) is 15.8 Å². The topological polar surface area (TPSA) is 102 Å². The van der Waals surface area contributed by atoms with Crippen molar-refractivity contribution in [2.45, 2.75) is 6.92 Å². The number of benzene rings is 2. The number of furan rings is 1. The van der Waals surface area contributed by atoms with Crippen molar-refractivity contribution in [2.75, 3.05) is 19.0 Å². The monoisotopic (exact) mass is 407 g/mol. The van der Waals surface area contributed by atoms with E-state index in [-0.39, 0.29) is 18.3 Å². The summed E-state index contributed by atoms with van der Waals surface area (Å²) in [6, 6.07) is 15.7. The van der Waals surface area contributed by atoms with Gasteiger partial charge in [0, 0.05) is 5.69 Å². The normalized spacial score (nSPS) is 10.6. The molecule has 0 bridgehead atoms. The van der Waals surface area contributed by atoms with Gasteiger partial charge in [0.1, 0.15) is 0 Å². The number of methoxy groups -OCH3 is 1. The molecular formula is C22H21N3O5. The Balaban J connectivity index is 1.57. The van der Waals surface area contributed by atoms with Gasteiger partial charge >= 0.3 is 5.91 Å². The maximum Gasteiger partial charge on any atom is 0.307 e. The molecule has 1 heterocycles. The highest BCUT2D eigenvalue weighted by molar-refractivity contribution is 5.93. The fraction of sp³-hybridized carbons (Fsp3) is 0.136. The summed E-state index contributed by atoms with van der Waals surface area (Å²) in [7, 11) is 1.50. The number of hydrazone groups is 1. The Morgan fingerprint density at radius 1 is 1.10 bits per heavy atom. The van der Waals surface area contributed by atoms with Crippen LogP contribution in [0.4, 0.5) is 5.69 Å². The number of rotatable bonds is 8. The largest absolute Gasteiger partial charge is 0.493 e. The van der Waals surface area contributed by atoms with Crippen LogP contribution in [-0.2, 0) is 4.79 Å². The summed E-state index contributed by atoms with van der Waals surface area (Å²) in [5, 5.41) is 6.69. The van der Waals surface area contributed by atoms with Crippen LogP contribution in [0.2, 0.25) is 0 Å². The van der Waals surface area contributed by atoms with E-state index in [1.165, 1.54) is 25.7 Å². The van der Waals surface area contributed by atoms with Crippen molar-refractivity contribution >= 4 is 23.7 Å². The number of ether oxygens (including phenoxy) is 2. The maximum atomic E-state index is 12.2. The molecule has 154 valence electrons.